The van der Waals surface area contributed by atoms with Crippen molar-refractivity contribution in [2.75, 3.05) is 0 Å². The number of nitrogens with one attached hydrogen (secondary N) is 1. The molecule has 0 aliphatic carbocycles. The van der Waals surface area contributed by atoms with Crippen molar-refractivity contribution in [2.45, 2.75) is 32.9 Å². The van der Waals surface area contributed by atoms with Gasteiger partial charge in [0.15, 0.2) is 5.84 Å². The van der Waals surface area contributed by atoms with Crippen LogP contribution in [0, 0.1) is 11.3 Å². The largest absolute Gasteiger partial charge is 0.389 e. The molecule has 1 aromatic carbocycles. The Bertz CT molecular complexity index is 559. The molecule has 1 aromatic rings. The molecule has 1 amide bonds. The number of amidine groups is 1. The molecule has 0 fully saturated rings. The quantitative estimate of drug-likeness (QED) is 0.479. The Labute approximate surface area is 118 Å². The second-order valence-corrected chi connectivity index (χ2v) is 4.83. The molecule has 0 atom stereocenters. The van der Waals surface area contributed by atoms with Crippen LogP contribution in [-0.4, -0.2) is 17.3 Å². The van der Waals surface area contributed by atoms with Crippen molar-refractivity contribution in [1.29, 1.82) is 5.26 Å². The molecule has 0 aliphatic rings. The average molecular weight is 274 g/mol. The lowest BCUT2D eigenvalue weighted by Gasteiger charge is -2.24. The van der Waals surface area contributed by atoms with Gasteiger partial charge in [0.25, 0.3) is 0 Å². The van der Waals surface area contributed by atoms with Crippen LogP contribution < -0.4 is 11.1 Å². The molecule has 3 N–H and O–H groups in total. The molecule has 0 unspecified atom stereocenters. The van der Waals surface area contributed by atoms with Gasteiger partial charge in [0.05, 0.1) is 17.2 Å². The van der Waals surface area contributed by atoms with Crippen LogP contribution in [0.1, 0.15) is 31.9 Å². The van der Waals surface area contributed by atoms with Gasteiger partial charge in [0.2, 0.25) is 5.91 Å². The number of hydrogen-bond donors (Lipinski definition) is 2. The summed E-state index contributed by atoms with van der Waals surface area (Å²) in [6, 6.07) is 9.15. The number of oxime groups is 1. The van der Waals surface area contributed by atoms with E-state index in [-0.39, 0.29) is 18.3 Å². The van der Waals surface area contributed by atoms with E-state index in [4.69, 9.17) is 15.8 Å². The lowest BCUT2D eigenvalue weighted by atomic mass is 10.0. The molecular weight excluding hydrogens is 256 g/mol. The highest BCUT2D eigenvalue weighted by atomic mass is 16.6. The summed E-state index contributed by atoms with van der Waals surface area (Å²) in [4.78, 5) is 16.2. The minimum atomic E-state index is -0.791. The van der Waals surface area contributed by atoms with Crippen molar-refractivity contribution in [3.63, 3.8) is 0 Å². The smallest absolute Gasteiger partial charge is 0.217 e. The summed E-state index contributed by atoms with van der Waals surface area (Å²) in [5, 5.41) is 15.4. The van der Waals surface area contributed by atoms with Crippen molar-refractivity contribution in [2.24, 2.45) is 10.9 Å². The number of nitrogens with two attached hydrogens (primary N) is 1. The van der Waals surface area contributed by atoms with E-state index < -0.39 is 5.54 Å². The predicted molar refractivity (Wildman–Crippen MR) is 75.5 cm³/mol. The van der Waals surface area contributed by atoms with E-state index in [0.29, 0.717) is 5.56 Å². The number of hydrogen-bond acceptors (Lipinski definition) is 4. The predicted octanol–water partition coefficient (Wildman–Crippen LogP) is 1.26. The Morgan fingerprint density at radius 1 is 1.50 bits per heavy atom. The summed E-state index contributed by atoms with van der Waals surface area (Å²) >= 11 is 0. The van der Waals surface area contributed by atoms with Crippen molar-refractivity contribution in [3.05, 3.63) is 35.4 Å². The molecule has 0 radical (unpaired) electrons. The molecule has 1 rings (SSSR count). The van der Waals surface area contributed by atoms with Crippen LogP contribution in [0.2, 0.25) is 0 Å². The van der Waals surface area contributed by atoms with Crippen LogP contribution >= 0.6 is 0 Å². The number of nitrogens with zero attached hydrogens (tertiary/aromatic N) is 2. The van der Waals surface area contributed by atoms with E-state index >= 15 is 0 Å². The third-order valence-corrected chi connectivity index (χ3v) is 2.65. The fourth-order valence-corrected chi connectivity index (χ4v) is 1.54. The van der Waals surface area contributed by atoms with E-state index in [0.717, 1.165) is 5.56 Å². The van der Waals surface area contributed by atoms with Gasteiger partial charge in [-0.05, 0) is 19.9 Å². The molecular formula is C14H18N4O2. The number of carbonyl (C=O) groups is 1. The Morgan fingerprint density at radius 2 is 2.15 bits per heavy atom. The van der Waals surface area contributed by atoms with Gasteiger partial charge < -0.3 is 15.9 Å². The van der Waals surface area contributed by atoms with Crippen molar-refractivity contribution < 1.29 is 9.63 Å². The topological polar surface area (TPSA) is 100 Å². The van der Waals surface area contributed by atoms with Gasteiger partial charge in [-0.25, -0.2) is 0 Å². The Morgan fingerprint density at radius 3 is 2.75 bits per heavy atom. The highest BCUT2D eigenvalue weighted by Crippen LogP contribution is 2.09. The fourth-order valence-electron chi connectivity index (χ4n) is 1.54. The molecule has 0 spiro atoms. The van der Waals surface area contributed by atoms with Gasteiger partial charge in [-0.15, -0.1) is 0 Å². The van der Waals surface area contributed by atoms with Gasteiger partial charge in [0, 0.05) is 12.5 Å². The third-order valence-electron chi connectivity index (χ3n) is 2.65. The van der Waals surface area contributed by atoms with Gasteiger partial charge in [0.1, 0.15) is 6.61 Å². The first-order chi connectivity index (χ1) is 9.36. The second kappa shape index (κ2) is 6.57. The first-order valence-corrected chi connectivity index (χ1v) is 6.09. The van der Waals surface area contributed by atoms with E-state index in [2.05, 4.69) is 16.5 Å². The lowest BCUT2D eigenvalue weighted by molar-refractivity contribution is -0.119. The van der Waals surface area contributed by atoms with E-state index in [1.807, 2.05) is 6.07 Å². The molecule has 0 aromatic heterocycles. The average Bonchev–Trinajstić information content (AvgIpc) is 2.37. The highest BCUT2D eigenvalue weighted by Gasteiger charge is 2.24. The van der Waals surface area contributed by atoms with Crippen LogP contribution in [0.4, 0.5) is 0 Å². The standard InChI is InChI=1S/C14H18N4O2/c1-10(19)17-14(2,3)13(16)18-20-9-12-7-5-4-6-11(12)8-15/h4-7H,9H2,1-3H3,(H2,16,18)(H,17,19). The van der Waals surface area contributed by atoms with Crippen LogP contribution in [0.15, 0.2) is 29.4 Å². The number of benzene rings is 1. The molecule has 106 valence electrons. The van der Waals surface area contributed by atoms with Crippen LogP contribution in [0.25, 0.3) is 0 Å². The van der Waals surface area contributed by atoms with Crippen molar-refractivity contribution in [3.8, 4) is 6.07 Å². The number of amides is 1. The van der Waals surface area contributed by atoms with Crippen LogP contribution in [0.5, 0.6) is 0 Å². The van der Waals surface area contributed by atoms with Gasteiger partial charge >= 0.3 is 0 Å². The minimum absolute atomic E-state index is 0.139. The Balaban J connectivity index is 2.69. The third kappa shape index (κ3) is 4.28. The monoisotopic (exact) mass is 274 g/mol. The number of carbonyl (C=O) groups excluding carboxylic acids is 1. The normalized spacial score (nSPS) is 11.6. The Hall–Kier alpha value is -2.55. The highest BCUT2D eigenvalue weighted by molar-refractivity contribution is 5.92. The first-order valence-electron chi connectivity index (χ1n) is 6.09. The maximum absolute atomic E-state index is 11.0. The zero-order chi connectivity index (χ0) is 15.2. The number of nitriles is 1. The van der Waals surface area contributed by atoms with Crippen LogP contribution in [0.3, 0.4) is 0 Å². The van der Waals surface area contributed by atoms with E-state index in [1.165, 1.54) is 6.92 Å². The van der Waals surface area contributed by atoms with Gasteiger partial charge in [-0.2, -0.15) is 5.26 Å². The molecule has 20 heavy (non-hydrogen) atoms. The van der Waals surface area contributed by atoms with Crippen LogP contribution in [-0.2, 0) is 16.2 Å². The number of rotatable bonds is 5. The molecule has 0 saturated heterocycles. The molecule has 0 saturated carbocycles. The lowest BCUT2D eigenvalue weighted by Crippen LogP contribution is -2.52. The summed E-state index contributed by atoms with van der Waals surface area (Å²) in [7, 11) is 0. The van der Waals surface area contributed by atoms with E-state index in [1.54, 1.807) is 32.0 Å². The molecule has 0 bridgehead atoms. The summed E-state index contributed by atoms with van der Waals surface area (Å²) in [6.07, 6.45) is 0. The molecule has 0 heterocycles. The summed E-state index contributed by atoms with van der Waals surface area (Å²) < 4.78 is 0. The Kier molecular flexibility index (Phi) is 5.09. The van der Waals surface area contributed by atoms with Gasteiger partial charge in [-0.1, -0.05) is 23.4 Å². The molecule has 6 heteroatoms. The maximum atomic E-state index is 11.0. The fraction of sp³-hybridized carbons (Fsp3) is 0.357. The maximum Gasteiger partial charge on any atom is 0.217 e. The first kappa shape index (κ1) is 15.5. The van der Waals surface area contributed by atoms with Crippen molar-refractivity contribution >= 4 is 11.7 Å². The zero-order valence-corrected chi connectivity index (χ0v) is 11.8. The van der Waals surface area contributed by atoms with E-state index in [9.17, 15) is 4.79 Å². The van der Waals surface area contributed by atoms with Gasteiger partial charge in [-0.3, -0.25) is 4.79 Å². The zero-order valence-electron chi connectivity index (χ0n) is 11.8. The molecule has 0 aliphatic heterocycles. The second-order valence-electron chi connectivity index (χ2n) is 4.83. The molecule has 6 nitrogen and oxygen atoms in total. The van der Waals surface area contributed by atoms with Crippen molar-refractivity contribution in [1.82, 2.24) is 5.32 Å². The summed E-state index contributed by atoms with van der Waals surface area (Å²) in [5.41, 5.74) is 6.24. The summed E-state index contributed by atoms with van der Waals surface area (Å²) in [6.45, 7) is 4.99. The summed E-state index contributed by atoms with van der Waals surface area (Å²) in [5.74, 6) is -0.0508. The SMILES string of the molecule is CC(=O)NC(C)(C)/C(N)=N/OCc1ccccc1C#N. The minimum Gasteiger partial charge on any atom is -0.389 e.